The molecule has 86 valence electrons. The summed E-state index contributed by atoms with van der Waals surface area (Å²) in [4.78, 5) is 0. The standard InChI is InChI=1S/C16H22/c1-2-6-13(7-3-1)16-11-10-14-8-4-5-9-15(14)12-16/h1-3,6-7,14-16H,4-5,8-12H2/t14-,15-,16-/m1/s1. The number of rotatable bonds is 1. The van der Waals surface area contributed by atoms with Crippen LogP contribution in [0.1, 0.15) is 56.4 Å². The molecule has 0 spiro atoms. The predicted molar refractivity (Wildman–Crippen MR) is 68.5 cm³/mol. The van der Waals surface area contributed by atoms with E-state index in [0.717, 1.165) is 17.8 Å². The molecule has 1 aromatic rings. The first-order valence-corrected chi connectivity index (χ1v) is 6.98. The van der Waals surface area contributed by atoms with Crippen molar-refractivity contribution in [2.24, 2.45) is 11.8 Å². The number of fused-ring (bicyclic) bond motifs is 1. The summed E-state index contributed by atoms with van der Waals surface area (Å²) >= 11 is 0. The molecule has 0 aromatic heterocycles. The lowest BCUT2D eigenvalue weighted by Gasteiger charge is -2.39. The minimum Gasteiger partial charge on any atom is -0.0622 e. The highest BCUT2D eigenvalue weighted by Gasteiger charge is 2.32. The second kappa shape index (κ2) is 4.61. The van der Waals surface area contributed by atoms with Gasteiger partial charge in [0, 0.05) is 0 Å². The van der Waals surface area contributed by atoms with E-state index in [2.05, 4.69) is 30.3 Å². The Morgan fingerprint density at radius 1 is 0.750 bits per heavy atom. The van der Waals surface area contributed by atoms with Gasteiger partial charge in [0.2, 0.25) is 0 Å². The van der Waals surface area contributed by atoms with E-state index in [1.54, 1.807) is 5.56 Å². The molecule has 3 atom stereocenters. The van der Waals surface area contributed by atoms with Crippen LogP contribution >= 0.6 is 0 Å². The highest BCUT2D eigenvalue weighted by molar-refractivity contribution is 5.20. The molecule has 0 unspecified atom stereocenters. The monoisotopic (exact) mass is 214 g/mol. The lowest BCUT2D eigenvalue weighted by Crippen LogP contribution is -2.26. The van der Waals surface area contributed by atoms with E-state index >= 15 is 0 Å². The maximum Gasteiger partial charge on any atom is -0.0159 e. The number of hydrogen-bond acceptors (Lipinski definition) is 0. The molecule has 0 radical (unpaired) electrons. The highest BCUT2D eigenvalue weighted by Crippen LogP contribution is 2.45. The van der Waals surface area contributed by atoms with Gasteiger partial charge in [-0.3, -0.25) is 0 Å². The first kappa shape index (κ1) is 10.4. The molecule has 2 aliphatic rings. The zero-order valence-electron chi connectivity index (χ0n) is 10.1. The van der Waals surface area contributed by atoms with E-state index in [1.165, 1.54) is 44.9 Å². The van der Waals surface area contributed by atoms with Gasteiger partial charge in [0.05, 0.1) is 0 Å². The van der Waals surface area contributed by atoms with Crippen molar-refractivity contribution in [3.05, 3.63) is 35.9 Å². The molecule has 2 aliphatic carbocycles. The van der Waals surface area contributed by atoms with Crippen molar-refractivity contribution in [2.45, 2.75) is 50.9 Å². The molecular formula is C16H22. The molecule has 0 heteroatoms. The normalized spacial score (nSPS) is 34.4. The molecule has 0 N–H and O–H groups in total. The van der Waals surface area contributed by atoms with Crippen LogP contribution in [0.5, 0.6) is 0 Å². The Morgan fingerprint density at radius 3 is 2.31 bits per heavy atom. The van der Waals surface area contributed by atoms with E-state index in [1.807, 2.05) is 0 Å². The second-order valence-electron chi connectivity index (χ2n) is 5.73. The Labute approximate surface area is 99.1 Å². The summed E-state index contributed by atoms with van der Waals surface area (Å²) in [5.74, 6) is 2.99. The molecule has 0 aliphatic heterocycles. The zero-order valence-corrected chi connectivity index (χ0v) is 10.1. The minimum absolute atomic E-state index is 0.862. The van der Waals surface area contributed by atoms with E-state index in [-0.39, 0.29) is 0 Å². The SMILES string of the molecule is c1ccc([C@@H]2CC[C@H]3CCCC[C@@H]3C2)cc1. The summed E-state index contributed by atoms with van der Waals surface area (Å²) in [6.45, 7) is 0. The Bertz CT molecular complexity index is 327. The summed E-state index contributed by atoms with van der Waals surface area (Å²) in [5, 5.41) is 0. The Hall–Kier alpha value is -0.780. The van der Waals surface area contributed by atoms with Gasteiger partial charge in [-0.15, -0.1) is 0 Å². The first-order chi connectivity index (χ1) is 7.93. The van der Waals surface area contributed by atoms with Gasteiger partial charge in [0.25, 0.3) is 0 Å². The van der Waals surface area contributed by atoms with Gasteiger partial charge >= 0.3 is 0 Å². The van der Waals surface area contributed by atoms with Crippen molar-refractivity contribution in [2.75, 3.05) is 0 Å². The molecule has 0 amide bonds. The summed E-state index contributed by atoms with van der Waals surface area (Å²) in [6.07, 6.45) is 10.4. The van der Waals surface area contributed by atoms with Gasteiger partial charge < -0.3 is 0 Å². The topological polar surface area (TPSA) is 0 Å². The van der Waals surface area contributed by atoms with Crippen molar-refractivity contribution in [1.82, 2.24) is 0 Å². The van der Waals surface area contributed by atoms with Crippen molar-refractivity contribution in [3.8, 4) is 0 Å². The maximum atomic E-state index is 2.33. The zero-order chi connectivity index (χ0) is 10.8. The van der Waals surface area contributed by atoms with Crippen molar-refractivity contribution in [3.63, 3.8) is 0 Å². The highest BCUT2D eigenvalue weighted by atomic mass is 14.4. The molecule has 2 fully saturated rings. The van der Waals surface area contributed by atoms with Crippen molar-refractivity contribution < 1.29 is 0 Å². The summed E-state index contributed by atoms with van der Waals surface area (Å²) in [7, 11) is 0. The van der Waals surface area contributed by atoms with E-state index in [0.29, 0.717) is 0 Å². The second-order valence-corrected chi connectivity index (χ2v) is 5.73. The maximum absolute atomic E-state index is 2.33. The smallest absolute Gasteiger partial charge is 0.0159 e. The van der Waals surface area contributed by atoms with Crippen LogP contribution in [0.3, 0.4) is 0 Å². The van der Waals surface area contributed by atoms with Crippen LogP contribution in [0.15, 0.2) is 30.3 Å². The minimum atomic E-state index is 0.862. The van der Waals surface area contributed by atoms with Crippen LogP contribution < -0.4 is 0 Å². The van der Waals surface area contributed by atoms with Crippen LogP contribution in [0.4, 0.5) is 0 Å². The molecule has 2 saturated carbocycles. The molecule has 16 heavy (non-hydrogen) atoms. The molecule has 0 saturated heterocycles. The lowest BCUT2D eigenvalue weighted by molar-refractivity contribution is 0.155. The van der Waals surface area contributed by atoms with Crippen LogP contribution in [0, 0.1) is 11.8 Å². The van der Waals surface area contributed by atoms with Crippen LogP contribution in [-0.4, -0.2) is 0 Å². The van der Waals surface area contributed by atoms with Crippen LogP contribution in [0.2, 0.25) is 0 Å². The van der Waals surface area contributed by atoms with Gasteiger partial charge in [-0.1, -0.05) is 56.0 Å². The first-order valence-electron chi connectivity index (χ1n) is 6.98. The predicted octanol–water partition coefficient (Wildman–Crippen LogP) is 4.76. The molecule has 0 bridgehead atoms. The molecule has 0 heterocycles. The van der Waals surface area contributed by atoms with Crippen LogP contribution in [0.25, 0.3) is 0 Å². The van der Waals surface area contributed by atoms with Gasteiger partial charge in [-0.2, -0.15) is 0 Å². The average Bonchev–Trinajstić information content (AvgIpc) is 2.39. The molecule has 3 rings (SSSR count). The Kier molecular flexibility index (Phi) is 2.99. The summed E-state index contributed by atoms with van der Waals surface area (Å²) in [5.41, 5.74) is 1.59. The van der Waals surface area contributed by atoms with E-state index in [9.17, 15) is 0 Å². The Balaban J connectivity index is 1.71. The van der Waals surface area contributed by atoms with Crippen molar-refractivity contribution >= 4 is 0 Å². The third kappa shape index (κ3) is 2.03. The van der Waals surface area contributed by atoms with Gasteiger partial charge in [-0.25, -0.2) is 0 Å². The summed E-state index contributed by atoms with van der Waals surface area (Å²) in [6, 6.07) is 11.2. The third-order valence-corrected chi connectivity index (χ3v) is 4.81. The molecule has 1 aromatic carbocycles. The van der Waals surface area contributed by atoms with Crippen LogP contribution in [-0.2, 0) is 0 Å². The van der Waals surface area contributed by atoms with Gasteiger partial charge in [0.15, 0.2) is 0 Å². The molecular weight excluding hydrogens is 192 g/mol. The molecule has 0 nitrogen and oxygen atoms in total. The van der Waals surface area contributed by atoms with Gasteiger partial charge in [-0.05, 0) is 42.6 Å². The van der Waals surface area contributed by atoms with Crippen molar-refractivity contribution in [1.29, 1.82) is 0 Å². The largest absolute Gasteiger partial charge is 0.0622 e. The number of hydrogen-bond donors (Lipinski definition) is 0. The lowest BCUT2D eigenvalue weighted by atomic mass is 9.66. The third-order valence-electron chi connectivity index (χ3n) is 4.81. The fraction of sp³-hybridized carbons (Fsp3) is 0.625. The summed E-state index contributed by atoms with van der Waals surface area (Å²) < 4.78 is 0. The van der Waals surface area contributed by atoms with E-state index < -0.39 is 0 Å². The van der Waals surface area contributed by atoms with E-state index in [4.69, 9.17) is 0 Å². The van der Waals surface area contributed by atoms with Gasteiger partial charge in [0.1, 0.15) is 0 Å². The quantitative estimate of drug-likeness (QED) is 0.632. The fourth-order valence-electron chi connectivity index (χ4n) is 3.90. The Morgan fingerprint density at radius 2 is 1.50 bits per heavy atom. The average molecular weight is 214 g/mol. The number of benzene rings is 1. The fourth-order valence-corrected chi connectivity index (χ4v) is 3.90.